The van der Waals surface area contributed by atoms with Crippen LogP contribution >= 0.6 is 0 Å². The Kier molecular flexibility index (Phi) is 6.80. The molecule has 0 radical (unpaired) electrons. The highest BCUT2D eigenvalue weighted by atomic mass is 16.5. The Morgan fingerprint density at radius 2 is 2.15 bits per heavy atom. The molecule has 2 rings (SSSR count). The predicted octanol–water partition coefficient (Wildman–Crippen LogP) is 2.45. The van der Waals surface area contributed by atoms with Gasteiger partial charge in [-0.3, -0.25) is 4.79 Å². The van der Waals surface area contributed by atoms with E-state index >= 15 is 0 Å². The van der Waals surface area contributed by atoms with E-state index in [9.17, 15) is 4.79 Å². The average molecular weight is 360 g/mol. The van der Waals surface area contributed by atoms with Gasteiger partial charge < -0.3 is 19.9 Å². The van der Waals surface area contributed by atoms with Gasteiger partial charge in [0.05, 0.1) is 6.61 Å². The van der Waals surface area contributed by atoms with Crippen molar-refractivity contribution >= 4 is 11.8 Å². The summed E-state index contributed by atoms with van der Waals surface area (Å²) in [4.78, 5) is 17.4. The molecule has 1 aromatic rings. The molecule has 1 amide bonds. The van der Waals surface area contributed by atoms with Crippen molar-refractivity contribution in [3.05, 3.63) is 42.5 Å². The van der Waals surface area contributed by atoms with Crippen molar-refractivity contribution in [3.63, 3.8) is 0 Å². The average Bonchev–Trinajstić information content (AvgIpc) is 2.93. The second-order valence-electron chi connectivity index (χ2n) is 6.67. The first-order valence-corrected chi connectivity index (χ1v) is 8.95. The molecule has 0 aromatic heterocycles. The Morgan fingerprint density at radius 3 is 2.73 bits per heavy atom. The maximum Gasteiger partial charge on any atom is 0.252 e. The van der Waals surface area contributed by atoms with Crippen LogP contribution in [0, 0.1) is 0 Å². The summed E-state index contributed by atoms with van der Waals surface area (Å²) < 4.78 is 11.5. The molecule has 6 heteroatoms. The van der Waals surface area contributed by atoms with Crippen LogP contribution in [0.25, 0.3) is 0 Å². The Bertz CT molecular complexity index is 654. The van der Waals surface area contributed by atoms with Crippen molar-refractivity contribution in [2.75, 3.05) is 13.2 Å². The van der Waals surface area contributed by atoms with Crippen LogP contribution in [0.5, 0.6) is 5.75 Å². The molecule has 1 aliphatic heterocycles. The van der Waals surface area contributed by atoms with Crippen LogP contribution in [-0.4, -0.2) is 47.8 Å². The van der Waals surface area contributed by atoms with E-state index < -0.39 is 11.6 Å². The fourth-order valence-corrected chi connectivity index (χ4v) is 2.79. The number of nitrogens with zero attached hydrogens (tertiary/aromatic N) is 1. The van der Waals surface area contributed by atoms with Gasteiger partial charge in [0.2, 0.25) is 5.90 Å². The normalized spacial score (nSPS) is 21.9. The molecule has 1 aliphatic rings. The van der Waals surface area contributed by atoms with Crippen LogP contribution in [0.3, 0.4) is 0 Å². The van der Waals surface area contributed by atoms with Gasteiger partial charge in [-0.25, -0.2) is 4.99 Å². The molecule has 0 unspecified atom stereocenters. The quantitative estimate of drug-likeness (QED) is 0.524. The third-order valence-corrected chi connectivity index (χ3v) is 4.20. The maximum atomic E-state index is 12.8. The topological polar surface area (TPSA) is 80.2 Å². The van der Waals surface area contributed by atoms with Crippen LogP contribution < -0.4 is 10.1 Å². The smallest absolute Gasteiger partial charge is 0.252 e. The lowest BCUT2D eigenvalue weighted by atomic mass is 9.89. The standard InChI is InChI=1S/C20H28N2O4/c1-5-11-20(19(24)21-14(2)3)15(4)26-18(22-20)16-7-9-17(10-8-16)25-13-6-12-23/h5,7-10,14-15,23H,1,6,11-13H2,2-4H3,(H,21,24)/t15-,20-/m1/s1. The number of hydrogen-bond donors (Lipinski definition) is 2. The van der Waals surface area contributed by atoms with Crippen molar-refractivity contribution in [1.82, 2.24) is 5.32 Å². The molecule has 6 nitrogen and oxygen atoms in total. The van der Waals surface area contributed by atoms with Crippen LogP contribution in [0.15, 0.2) is 41.9 Å². The van der Waals surface area contributed by atoms with E-state index in [1.54, 1.807) is 6.08 Å². The molecule has 1 heterocycles. The van der Waals surface area contributed by atoms with Gasteiger partial charge in [-0.2, -0.15) is 0 Å². The molecule has 26 heavy (non-hydrogen) atoms. The maximum absolute atomic E-state index is 12.8. The Hall–Kier alpha value is -2.34. The largest absolute Gasteiger partial charge is 0.494 e. The number of carbonyl (C=O) groups is 1. The molecule has 1 aromatic carbocycles. The fourth-order valence-electron chi connectivity index (χ4n) is 2.79. The predicted molar refractivity (Wildman–Crippen MR) is 102 cm³/mol. The van der Waals surface area contributed by atoms with E-state index in [0.29, 0.717) is 31.1 Å². The summed E-state index contributed by atoms with van der Waals surface area (Å²) in [7, 11) is 0. The zero-order valence-electron chi connectivity index (χ0n) is 15.7. The molecular weight excluding hydrogens is 332 g/mol. The van der Waals surface area contributed by atoms with Gasteiger partial charge in [-0.1, -0.05) is 6.08 Å². The van der Waals surface area contributed by atoms with Gasteiger partial charge in [-0.15, -0.1) is 6.58 Å². The van der Waals surface area contributed by atoms with Crippen molar-refractivity contribution in [2.24, 2.45) is 4.99 Å². The van der Waals surface area contributed by atoms with E-state index in [1.165, 1.54) is 0 Å². The van der Waals surface area contributed by atoms with Crippen LogP contribution in [-0.2, 0) is 9.53 Å². The Labute approximate surface area is 154 Å². The first-order valence-electron chi connectivity index (χ1n) is 8.95. The lowest BCUT2D eigenvalue weighted by Crippen LogP contribution is -2.52. The minimum Gasteiger partial charge on any atom is -0.494 e. The second kappa shape index (κ2) is 8.85. The van der Waals surface area contributed by atoms with Gasteiger partial charge in [0.15, 0.2) is 5.54 Å². The number of aliphatic imine (C=N–C) groups is 1. The SMILES string of the molecule is C=CC[C@@]1(C(=O)NC(C)C)N=C(c2ccc(OCCCO)cc2)O[C@@H]1C. The third kappa shape index (κ3) is 4.43. The molecule has 142 valence electrons. The third-order valence-electron chi connectivity index (χ3n) is 4.20. The van der Waals surface area contributed by atoms with Crippen LogP contribution in [0.2, 0.25) is 0 Å². The molecular formula is C20H28N2O4. The molecule has 0 spiro atoms. The van der Waals surface area contributed by atoms with Crippen molar-refractivity contribution < 1.29 is 19.4 Å². The van der Waals surface area contributed by atoms with Crippen LogP contribution in [0.4, 0.5) is 0 Å². The van der Waals surface area contributed by atoms with Gasteiger partial charge in [-0.05, 0) is 45.0 Å². The second-order valence-corrected chi connectivity index (χ2v) is 6.67. The summed E-state index contributed by atoms with van der Waals surface area (Å²) >= 11 is 0. The highest BCUT2D eigenvalue weighted by Crippen LogP contribution is 2.32. The summed E-state index contributed by atoms with van der Waals surface area (Å²) in [5.74, 6) is 1.00. The van der Waals surface area contributed by atoms with Gasteiger partial charge in [0.25, 0.3) is 5.91 Å². The summed E-state index contributed by atoms with van der Waals surface area (Å²) in [5, 5.41) is 11.7. The number of amides is 1. The molecule has 2 N–H and O–H groups in total. The number of benzene rings is 1. The molecule has 0 fully saturated rings. The lowest BCUT2D eigenvalue weighted by Gasteiger charge is -2.27. The number of rotatable bonds is 9. The number of carbonyl (C=O) groups excluding carboxylic acids is 1. The van der Waals surface area contributed by atoms with Crippen molar-refractivity contribution in [2.45, 2.75) is 51.3 Å². The Balaban J connectivity index is 2.22. The minimum atomic E-state index is -1.00. The highest BCUT2D eigenvalue weighted by Gasteiger charge is 2.49. The molecule has 0 bridgehead atoms. The zero-order valence-corrected chi connectivity index (χ0v) is 15.7. The number of aliphatic hydroxyl groups excluding tert-OH is 1. The van der Waals surface area contributed by atoms with Crippen molar-refractivity contribution in [3.8, 4) is 5.75 Å². The van der Waals surface area contributed by atoms with Gasteiger partial charge in [0.1, 0.15) is 11.9 Å². The molecule has 0 saturated heterocycles. The number of hydrogen-bond acceptors (Lipinski definition) is 5. The summed E-state index contributed by atoms with van der Waals surface area (Å²) in [5.41, 5.74) is -0.216. The highest BCUT2D eigenvalue weighted by molar-refractivity contribution is 6.00. The van der Waals surface area contributed by atoms with E-state index in [2.05, 4.69) is 16.9 Å². The molecule has 2 atom stereocenters. The van der Waals surface area contributed by atoms with E-state index in [4.69, 9.17) is 14.6 Å². The van der Waals surface area contributed by atoms with E-state index in [-0.39, 0.29) is 18.6 Å². The van der Waals surface area contributed by atoms with Crippen molar-refractivity contribution in [1.29, 1.82) is 0 Å². The van der Waals surface area contributed by atoms with Gasteiger partial charge >= 0.3 is 0 Å². The monoisotopic (exact) mass is 360 g/mol. The zero-order chi connectivity index (χ0) is 19.2. The van der Waals surface area contributed by atoms with E-state index in [1.807, 2.05) is 45.0 Å². The first kappa shape index (κ1) is 20.0. The van der Waals surface area contributed by atoms with Crippen LogP contribution in [0.1, 0.15) is 39.2 Å². The minimum absolute atomic E-state index is 0.0194. The number of ether oxygens (including phenoxy) is 2. The Morgan fingerprint density at radius 1 is 1.46 bits per heavy atom. The first-order chi connectivity index (χ1) is 12.4. The van der Waals surface area contributed by atoms with Gasteiger partial charge in [0, 0.05) is 31.1 Å². The lowest BCUT2D eigenvalue weighted by molar-refractivity contribution is -0.128. The summed E-state index contributed by atoms with van der Waals surface area (Å²) in [6, 6.07) is 7.37. The number of nitrogens with one attached hydrogen (secondary N) is 1. The summed E-state index contributed by atoms with van der Waals surface area (Å²) in [6.45, 7) is 10.0. The number of aliphatic hydroxyl groups is 1. The summed E-state index contributed by atoms with van der Waals surface area (Å²) in [6.07, 6.45) is 2.29. The molecule has 0 saturated carbocycles. The fraction of sp³-hybridized carbons (Fsp3) is 0.500. The molecule has 0 aliphatic carbocycles. The van der Waals surface area contributed by atoms with E-state index in [0.717, 1.165) is 5.56 Å².